The Morgan fingerprint density at radius 2 is 1.46 bits per heavy atom. The highest BCUT2D eigenvalue weighted by Crippen LogP contribution is 2.29. The fourth-order valence-corrected chi connectivity index (χ4v) is 3.67. The Kier molecular flexibility index (Phi) is 6.05. The van der Waals surface area contributed by atoms with E-state index in [1.54, 1.807) is 10.9 Å². The molecule has 0 radical (unpaired) electrons. The maximum absolute atomic E-state index is 12.9. The predicted octanol–water partition coefficient (Wildman–Crippen LogP) is 6.25. The lowest BCUT2D eigenvalue weighted by Crippen LogP contribution is -2.08. The Labute approximate surface area is 199 Å². The third-order valence-corrected chi connectivity index (χ3v) is 5.43. The van der Waals surface area contributed by atoms with Gasteiger partial charge in [-0.15, -0.1) is 0 Å². The predicted molar refractivity (Wildman–Crippen MR) is 129 cm³/mol. The molecule has 6 nitrogen and oxygen atoms in total. The summed E-state index contributed by atoms with van der Waals surface area (Å²) >= 11 is 0. The third kappa shape index (κ3) is 5.24. The largest absolute Gasteiger partial charge is 0.416 e. The number of nitrogens with one attached hydrogen (secondary N) is 2. The molecule has 2 N–H and O–H groups in total. The van der Waals surface area contributed by atoms with Gasteiger partial charge in [0.2, 0.25) is 5.95 Å². The van der Waals surface area contributed by atoms with Gasteiger partial charge in [0, 0.05) is 12.2 Å². The van der Waals surface area contributed by atoms with Gasteiger partial charge >= 0.3 is 6.18 Å². The summed E-state index contributed by atoms with van der Waals surface area (Å²) in [6.07, 6.45) is -2.75. The zero-order valence-electron chi connectivity index (χ0n) is 18.5. The van der Waals surface area contributed by atoms with Gasteiger partial charge in [0.1, 0.15) is 0 Å². The zero-order chi connectivity index (χ0) is 24.3. The van der Waals surface area contributed by atoms with Gasteiger partial charge in [0.05, 0.1) is 18.4 Å². The van der Waals surface area contributed by atoms with Crippen molar-refractivity contribution in [3.8, 4) is 0 Å². The minimum absolute atomic E-state index is 0.314. The van der Waals surface area contributed by atoms with Gasteiger partial charge in [-0.25, -0.2) is 4.98 Å². The molecule has 0 atom stereocenters. The molecule has 0 aliphatic carbocycles. The lowest BCUT2D eigenvalue weighted by atomic mass is 10.1. The van der Waals surface area contributed by atoms with E-state index in [0.29, 0.717) is 41.6 Å². The molecule has 0 aliphatic rings. The second-order valence-electron chi connectivity index (χ2n) is 7.97. The molecule has 5 rings (SSSR count). The number of halogens is 3. The van der Waals surface area contributed by atoms with Crippen LogP contribution < -0.4 is 10.6 Å². The molecule has 176 valence electrons. The molecular formula is C26H21F3N6. The van der Waals surface area contributed by atoms with Crippen molar-refractivity contribution in [1.29, 1.82) is 0 Å². The molecule has 35 heavy (non-hydrogen) atoms. The van der Waals surface area contributed by atoms with E-state index in [4.69, 9.17) is 0 Å². The quantitative estimate of drug-likeness (QED) is 0.292. The summed E-state index contributed by atoms with van der Waals surface area (Å²) in [7, 11) is 0. The number of hydrogen-bond acceptors (Lipinski definition) is 5. The number of aromatic nitrogens is 4. The fourth-order valence-electron chi connectivity index (χ4n) is 3.67. The normalized spacial score (nSPS) is 11.5. The first kappa shape index (κ1) is 22.4. The Morgan fingerprint density at radius 3 is 2.14 bits per heavy atom. The number of rotatable bonds is 7. The summed E-state index contributed by atoms with van der Waals surface area (Å²) in [6.45, 7) is 0.859. The van der Waals surface area contributed by atoms with Crippen molar-refractivity contribution in [3.05, 3.63) is 108 Å². The molecule has 0 spiro atoms. The molecule has 0 bridgehead atoms. The molecule has 5 aromatic rings. The van der Waals surface area contributed by atoms with Crippen LogP contribution in [0.4, 0.5) is 30.6 Å². The van der Waals surface area contributed by atoms with Crippen LogP contribution in [-0.4, -0.2) is 19.5 Å². The maximum atomic E-state index is 12.9. The third-order valence-electron chi connectivity index (χ3n) is 5.43. The first-order valence-electron chi connectivity index (χ1n) is 10.9. The van der Waals surface area contributed by atoms with Crippen LogP contribution in [0.25, 0.3) is 11.2 Å². The van der Waals surface area contributed by atoms with Crippen molar-refractivity contribution in [2.24, 2.45) is 0 Å². The van der Waals surface area contributed by atoms with Gasteiger partial charge in [-0.05, 0) is 35.4 Å². The van der Waals surface area contributed by atoms with Crippen LogP contribution in [0.5, 0.6) is 0 Å². The van der Waals surface area contributed by atoms with Crippen LogP contribution in [-0.2, 0) is 19.3 Å². The van der Waals surface area contributed by atoms with Crippen molar-refractivity contribution >= 4 is 28.6 Å². The van der Waals surface area contributed by atoms with Gasteiger partial charge in [-0.3, -0.25) is 0 Å². The van der Waals surface area contributed by atoms with Crippen molar-refractivity contribution in [2.45, 2.75) is 19.3 Å². The van der Waals surface area contributed by atoms with Crippen LogP contribution in [0.3, 0.4) is 0 Å². The van der Waals surface area contributed by atoms with Crippen molar-refractivity contribution in [1.82, 2.24) is 19.5 Å². The fraction of sp³-hybridized carbons (Fsp3) is 0.115. The number of benzene rings is 3. The average Bonchev–Trinajstić information content (AvgIpc) is 3.26. The van der Waals surface area contributed by atoms with Crippen LogP contribution >= 0.6 is 0 Å². The molecule has 2 heterocycles. The first-order chi connectivity index (χ1) is 17.0. The Morgan fingerprint density at radius 1 is 0.771 bits per heavy atom. The first-order valence-corrected chi connectivity index (χ1v) is 10.9. The number of hydrogen-bond donors (Lipinski definition) is 2. The number of fused-ring (bicyclic) bond motifs is 1. The minimum atomic E-state index is -4.37. The Balaban J connectivity index is 1.48. The highest BCUT2D eigenvalue weighted by Gasteiger charge is 2.30. The smallest absolute Gasteiger partial charge is 0.364 e. The minimum Gasteiger partial charge on any atom is -0.364 e. The number of para-hydroxylation sites is 1. The molecule has 0 fully saturated rings. The van der Waals surface area contributed by atoms with E-state index in [9.17, 15) is 13.2 Å². The van der Waals surface area contributed by atoms with Crippen LogP contribution in [0.2, 0.25) is 0 Å². The van der Waals surface area contributed by atoms with E-state index in [0.717, 1.165) is 23.4 Å². The highest BCUT2D eigenvalue weighted by molar-refractivity contribution is 5.84. The maximum Gasteiger partial charge on any atom is 0.416 e. The van der Waals surface area contributed by atoms with Crippen LogP contribution in [0, 0.1) is 0 Å². The lowest BCUT2D eigenvalue weighted by molar-refractivity contribution is -0.137. The monoisotopic (exact) mass is 474 g/mol. The SMILES string of the molecule is FC(F)(F)c1ccc(Cn2cnc3c(NCc4ccccc4)nc(Nc4ccccc4)nc32)cc1. The summed E-state index contributed by atoms with van der Waals surface area (Å²) in [5, 5.41) is 6.55. The van der Waals surface area contributed by atoms with E-state index in [1.807, 2.05) is 60.7 Å². The van der Waals surface area contributed by atoms with Crippen LogP contribution in [0.15, 0.2) is 91.3 Å². The Bertz CT molecular complexity index is 1420. The average molecular weight is 474 g/mol. The summed E-state index contributed by atoms with van der Waals surface area (Å²) < 4.78 is 40.6. The topological polar surface area (TPSA) is 67.7 Å². The van der Waals surface area contributed by atoms with Gasteiger partial charge in [-0.1, -0.05) is 60.7 Å². The summed E-state index contributed by atoms with van der Waals surface area (Å²) in [4.78, 5) is 13.8. The molecule has 0 saturated carbocycles. The molecule has 0 amide bonds. The molecular weight excluding hydrogens is 453 g/mol. The van der Waals surface area contributed by atoms with Gasteiger partial charge < -0.3 is 15.2 Å². The molecule has 0 saturated heterocycles. The van der Waals surface area contributed by atoms with Gasteiger partial charge in [-0.2, -0.15) is 23.1 Å². The van der Waals surface area contributed by atoms with E-state index in [-0.39, 0.29) is 0 Å². The second kappa shape index (κ2) is 9.46. The van der Waals surface area contributed by atoms with E-state index in [2.05, 4.69) is 25.6 Å². The zero-order valence-corrected chi connectivity index (χ0v) is 18.5. The number of alkyl halides is 3. The van der Waals surface area contributed by atoms with Crippen LogP contribution in [0.1, 0.15) is 16.7 Å². The molecule has 3 aromatic carbocycles. The molecule has 2 aromatic heterocycles. The standard InChI is InChI=1S/C26H21F3N6/c27-26(28,29)20-13-11-19(12-14-20)16-35-17-31-22-23(30-15-18-7-3-1-4-8-18)33-25(34-24(22)35)32-21-9-5-2-6-10-21/h1-14,17H,15-16H2,(H2,30,32,33,34). The van der Waals surface area contributed by atoms with Crippen molar-refractivity contribution < 1.29 is 13.2 Å². The van der Waals surface area contributed by atoms with E-state index in [1.165, 1.54) is 12.1 Å². The van der Waals surface area contributed by atoms with Crippen molar-refractivity contribution in [3.63, 3.8) is 0 Å². The summed E-state index contributed by atoms with van der Waals surface area (Å²) in [5.74, 6) is 0.942. The highest BCUT2D eigenvalue weighted by atomic mass is 19.4. The molecule has 9 heteroatoms. The lowest BCUT2D eigenvalue weighted by Gasteiger charge is -2.11. The van der Waals surface area contributed by atoms with E-state index >= 15 is 0 Å². The van der Waals surface area contributed by atoms with Gasteiger partial charge in [0.15, 0.2) is 17.0 Å². The number of imidazole rings is 1. The number of nitrogens with zero attached hydrogens (tertiary/aromatic N) is 4. The Hall–Kier alpha value is -4.40. The van der Waals surface area contributed by atoms with Gasteiger partial charge in [0.25, 0.3) is 0 Å². The van der Waals surface area contributed by atoms with Crippen molar-refractivity contribution in [2.75, 3.05) is 10.6 Å². The van der Waals surface area contributed by atoms with E-state index < -0.39 is 11.7 Å². The second-order valence-corrected chi connectivity index (χ2v) is 7.97. The summed E-state index contributed by atoms with van der Waals surface area (Å²) in [6, 6.07) is 24.6. The molecule has 0 aliphatic heterocycles. The molecule has 0 unspecified atom stereocenters. The number of anilines is 3. The summed E-state index contributed by atoms with van der Waals surface area (Å²) in [5.41, 5.74) is 3.07.